The van der Waals surface area contributed by atoms with Gasteiger partial charge < -0.3 is 14.9 Å². The van der Waals surface area contributed by atoms with Crippen molar-refractivity contribution in [3.8, 4) is 0 Å². The fraction of sp³-hybridized carbons (Fsp3) is 0.852. The minimum absolute atomic E-state index is 0.209. The summed E-state index contributed by atoms with van der Waals surface area (Å²) in [6.07, 6.45) is 17.6. The van der Waals surface area contributed by atoms with Crippen LogP contribution in [-0.4, -0.2) is 60.2 Å². The van der Waals surface area contributed by atoms with Gasteiger partial charge in [0.15, 0.2) is 0 Å². The van der Waals surface area contributed by atoms with E-state index in [1.165, 1.54) is 51.5 Å². The molecule has 0 aromatic rings. The van der Waals surface area contributed by atoms with Crippen LogP contribution in [0, 0.1) is 23.7 Å². The van der Waals surface area contributed by atoms with Crippen molar-refractivity contribution < 1.29 is 14.9 Å². The average Bonchev–Trinajstić information content (AvgIpc) is 3.27. The molecule has 3 rings (SSSR count). The van der Waals surface area contributed by atoms with Crippen LogP contribution in [0.25, 0.3) is 0 Å². The third kappa shape index (κ3) is 7.99. The third-order valence-corrected chi connectivity index (χ3v) is 7.78. The van der Waals surface area contributed by atoms with E-state index in [9.17, 15) is 10.2 Å². The SMILES string of the molecule is CCCC[C@@H](C)C[C@H](O)/C=C/[C@@H]1[C@H]2CC(CCCCCN3CCOCC3)=C[C@H]2C[C@H]1O. The Labute approximate surface area is 190 Å². The largest absolute Gasteiger partial charge is 0.392 e. The molecule has 2 fully saturated rings. The van der Waals surface area contributed by atoms with Crippen molar-refractivity contribution in [2.45, 2.75) is 90.3 Å². The van der Waals surface area contributed by atoms with Crippen LogP contribution in [0.5, 0.6) is 0 Å². The number of hydrogen-bond donors (Lipinski definition) is 2. The first-order chi connectivity index (χ1) is 15.1. The van der Waals surface area contributed by atoms with E-state index in [0.29, 0.717) is 17.8 Å². The molecule has 6 atom stereocenters. The molecule has 0 amide bonds. The van der Waals surface area contributed by atoms with Crippen LogP contribution in [0.15, 0.2) is 23.8 Å². The Morgan fingerprint density at radius 1 is 1.19 bits per heavy atom. The molecule has 2 N–H and O–H groups in total. The molecule has 1 saturated heterocycles. The molecule has 1 heterocycles. The van der Waals surface area contributed by atoms with Gasteiger partial charge in [-0.15, -0.1) is 0 Å². The number of hydrogen-bond acceptors (Lipinski definition) is 4. The summed E-state index contributed by atoms with van der Waals surface area (Å²) in [4.78, 5) is 2.53. The zero-order chi connectivity index (χ0) is 22.1. The topological polar surface area (TPSA) is 52.9 Å². The molecule has 0 aromatic heterocycles. The van der Waals surface area contributed by atoms with Crippen molar-refractivity contribution in [2.24, 2.45) is 23.7 Å². The van der Waals surface area contributed by atoms with E-state index in [4.69, 9.17) is 4.74 Å². The normalized spacial score (nSPS) is 31.2. The van der Waals surface area contributed by atoms with Gasteiger partial charge >= 0.3 is 0 Å². The van der Waals surface area contributed by atoms with E-state index in [-0.39, 0.29) is 18.1 Å². The summed E-state index contributed by atoms with van der Waals surface area (Å²) in [5.74, 6) is 1.84. The quantitative estimate of drug-likeness (QED) is 0.318. The molecular weight excluding hydrogens is 386 g/mol. The Balaban J connectivity index is 1.35. The van der Waals surface area contributed by atoms with E-state index in [1.807, 2.05) is 6.08 Å². The molecule has 0 spiro atoms. The molecule has 2 aliphatic carbocycles. The molecule has 1 saturated carbocycles. The van der Waals surface area contributed by atoms with Crippen molar-refractivity contribution in [1.29, 1.82) is 0 Å². The van der Waals surface area contributed by atoms with Crippen LogP contribution >= 0.6 is 0 Å². The molecule has 31 heavy (non-hydrogen) atoms. The smallest absolute Gasteiger partial charge is 0.0723 e. The molecule has 3 aliphatic rings. The number of morpholine rings is 1. The number of aliphatic hydroxyl groups excluding tert-OH is 2. The zero-order valence-electron chi connectivity index (χ0n) is 20.1. The van der Waals surface area contributed by atoms with Gasteiger partial charge in [-0.3, -0.25) is 4.90 Å². The Morgan fingerprint density at radius 3 is 2.77 bits per heavy atom. The lowest BCUT2D eigenvalue weighted by atomic mass is 9.88. The summed E-state index contributed by atoms with van der Waals surface area (Å²) in [5.41, 5.74) is 1.61. The van der Waals surface area contributed by atoms with Gasteiger partial charge in [-0.05, 0) is 62.8 Å². The van der Waals surface area contributed by atoms with E-state index in [2.05, 4.69) is 30.9 Å². The molecule has 0 aromatic carbocycles. The maximum absolute atomic E-state index is 10.6. The molecule has 4 heteroatoms. The first-order valence-electron chi connectivity index (χ1n) is 13.1. The first-order valence-corrected chi connectivity index (χ1v) is 13.1. The van der Waals surface area contributed by atoms with Gasteiger partial charge in [-0.1, -0.05) is 63.3 Å². The second kappa shape index (κ2) is 13.1. The average molecular weight is 434 g/mol. The highest BCUT2D eigenvalue weighted by molar-refractivity contribution is 5.21. The van der Waals surface area contributed by atoms with Crippen LogP contribution < -0.4 is 0 Å². The van der Waals surface area contributed by atoms with Gasteiger partial charge in [0.1, 0.15) is 0 Å². The molecular formula is C27H47NO3. The van der Waals surface area contributed by atoms with E-state index < -0.39 is 0 Å². The number of nitrogens with zero attached hydrogens (tertiary/aromatic N) is 1. The minimum atomic E-state index is -0.376. The lowest BCUT2D eigenvalue weighted by molar-refractivity contribution is 0.0371. The second-order valence-corrected chi connectivity index (χ2v) is 10.4. The monoisotopic (exact) mass is 433 g/mol. The molecule has 4 nitrogen and oxygen atoms in total. The summed E-state index contributed by atoms with van der Waals surface area (Å²) in [6.45, 7) is 9.65. The third-order valence-electron chi connectivity index (χ3n) is 7.78. The fourth-order valence-electron chi connectivity index (χ4n) is 5.90. The molecule has 0 radical (unpaired) electrons. The standard InChI is InChI=1S/C27H47NO3/c1-3-4-8-21(2)17-24(29)10-11-25-26-19-22(18-23(26)20-27(25)30)9-6-5-7-12-28-13-15-31-16-14-28/h10-11,18,21,23-27,29-30H,3-9,12-17,19-20H2,1-2H3/b11-10+/t21-,23+,24-,25-,26+,27-/m1/s1. The highest BCUT2D eigenvalue weighted by atomic mass is 16.5. The Bertz CT molecular complexity index is 569. The summed E-state index contributed by atoms with van der Waals surface area (Å²) < 4.78 is 5.42. The first kappa shape index (κ1) is 25.0. The zero-order valence-corrected chi connectivity index (χ0v) is 20.1. The van der Waals surface area contributed by atoms with Gasteiger partial charge in [0, 0.05) is 19.0 Å². The summed E-state index contributed by atoms with van der Waals surface area (Å²) >= 11 is 0. The number of fused-ring (bicyclic) bond motifs is 1. The minimum Gasteiger partial charge on any atom is -0.392 e. The summed E-state index contributed by atoms with van der Waals surface area (Å²) in [6, 6.07) is 0. The van der Waals surface area contributed by atoms with E-state index in [0.717, 1.165) is 45.6 Å². The lowest BCUT2D eigenvalue weighted by Crippen LogP contribution is -2.36. The number of rotatable bonds is 13. The van der Waals surface area contributed by atoms with Crippen LogP contribution in [-0.2, 0) is 4.74 Å². The van der Waals surface area contributed by atoms with Crippen molar-refractivity contribution >= 4 is 0 Å². The van der Waals surface area contributed by atoms with E-state index >= 15 is 0 Å². The fourth-order valence-corrected chi connectivity index (χ4v) is 5.90. The Hall–Kier alpha value is -0.680. The van der Waals surface area contributed by atoms with Crippen LogP contribution in [0.4, 0.5) is 0 Å². The molecule has 0 bridgehead atoms. The van der Waals surface area contributed by atoms with Crippen molar-refractivity contribution in [3.63, 3.8) is 0 Å². The number of allylic oxidation sites excluding steroid dienone is 2. The number of aliphatic hydroxyl groups is 2. The van der Waals surface area contributed by atoms with Crippen molar-refractivity contribution in [2.75, 3.05) is 32.8 Å². The summed E-state index contributed by atoms with van der Waals surface area (Å²) in [7, 11) is 0. The highest BCUT2D eigenvalue weighted by Gasteiger charge is 2.43. The van der Waals surface area contributed by atoms with Gasteiger partial charge in [0.25, 0.3) is 0 Å². The molecule has 178 valence electrons. The van der Waals surface area contributed by atoms with Crippen molar-refractivity contribution in [1.82, 2.24) is 4.90 Å². The Kier molecular flexibility index (Phi) is 10.6. The number of unbranched alkanes of at least 4 members (excludes halogenated alkanes) is 3. The van der Waals surface area contributed by atoms with Crippen LogP contribution in [0.2, 0.25) is 0 Å². The Morgan fingerprint density at radius 2 is 2.00 bits per heavy atom. The van der Waals surface area contributed by atoms with Crippen LogP contribution in [0.3, 0.4) is 0 Å². The lowest BCUT2D eigenvalue weighted by Gasteiger charge is -2.26. The predicted molar refractivity (Wildman–Crippen MR) is 128 cm³/mol. The van der Waals surface area contributed by atoms with Gasteiger partial charge in [0.05, 0.1) is 25.4 Å². The molecule has 0 unspecified atom stereocenters. The maximum Gasteiger partial charge on any atom is 0.0723 e. The highest BCUT2D eigenvalue weighted by Crippen LogP contribution is 2.48. The molecule has 1 aliphatic heterocycles. The van der Waals surface area contributed by atoms with Crippen molar-refractivity contribution in [3.05, 3.63) is 23.8 Å². The maximum atomic E-state index is 10.6. The summed E-state index contributed by atoms with van der Waals surface area (Å²) in [5, 5.41) is 21.0. The second-order valence-electron chi connectivity index (χ2n) is 10.4. The number of ether oxygens (including phenoxy) is 1. The van der Waals surface area contributed by atoms with Gasteiger partial charge in [-0.25, -0.2) is 0 Å². The van der Waals surface area contributed by atoms with Gasteiger partial charge in [-0.2, -0.15) is 0 Å². The van der Waals surface area contributed by atoms with E-state index in [1.54, 1.807) is 5.57 Å². The predicted octanol–water partition coefficient (Wildman–Crippen LogP) is 4.96. The van der Waals surface area contributed by atoms with Gasteiger partial charge in [0.2, 0.25) is 0 Å². The van der Waals surface area contributed by atoms with Crippen LogP contribution in [0.1, 0.15) is 78.1 Å².